The van der Waals surface area contributed by atoms with Crippen LogP contribution >= 0.6 is 11.8 Å². The summed E-state index contributed by atoms with van der Waals surface area (Å²) in [6, 6.07) is 25.1. The van der Waals surface area contributed by atoms with E-state index in [2.05, 4.69) is 68.1 Å². The monoisotopic (exact) mass is 493 g/mol. The molecule has 0 radical (unpaired) electrons. The van der Waals surface area contributed by atoms with Gasteiger partial charge in [0.05, 0.1) is 24.1 Å². The zero-order chi connectivity index (χ0) is 24.5. The van der Waals surface area contributed by atoms with Crippen molar-refractivity contribution in [2.75, 3.05) is 20.3 Å². The molecule has 0 N–H and O–H groups in total. The standard InChI is InChI=1S/C28H23N5O2S/c1-34-26-10-6-20(17-30-26)27-32-31-25-9-5-19-15-23(7-8-24(19)33(25)27)36-22-4-2-3-21(16-22)28(18-29)11-13-35-14-12-28/h2-10,15-17H,11-14H2,1H3. The molecule has 5 aromatic rings. The van der Waals surface area contributed by atoms with Crippen molar-refractivity contribution in [3.05, 3.63) is 78.5 Å². The smallest absolute Gasteiger partial charge is 0.212 e. The van der Waals surface area contributed by atoms with Crippen molar-refractivity contribution in [3.63, 3.8) is 0 Å². The topological polar surface area (TPSA) is 85.3 Å². The molecule has 0 saturated carbocycles. The number of hydrogen-bond donors (Lipinski definition) is 0. The molecule has 4 heterocycles. The summed E-state index contributed by atoms with van der Waals surface area (Å²) in [7, 11) is 1.60. The molecule has 0 bridgehead atoms. The fourth-order valence-corrected chi connectivity index (χ4v) is 5.66. The number of aromatic nitrogens is 4. The number of rotatable bonds is 5. The van der Waals surface area contributed by atoms with Crippen LogP contribution in [0.25, 0.3) is 27.9 Å². The molecule has 8 heteroatoms. The molecule has 0 amide bonds. The Hall–Kier alpha value is -3.93. The SMILES string of the molecule is COc1ccc(-c2nnc3ccc4cc(Sc5cccc(C6(C#N)CCOCC6)c5)ccc4n23)cn1. The lowest BCUT2D eigenvalue weighted by molar-refractivity contribution is 0.0675. The number of ether oxygens (including phenoxy) is 2. The summed E-state index contributed by atoms with van der Waals surface area (Å²) in [6.45, 7) is 1.25. The van der Waals surface area contributed by atoms with Crippen molar-refractivity contribution < 1.29 is 9.47 Å². The van der Waals surface area contributed by atoms with E-state index >= 15 is 0 Å². The highest BCUT2D eigenvalue weighted by atomic mass is 32.2. The van der Waals surface area contributed by atoms with Crippen molar-refractivity contribution in [2.45, 2.75) is 28.0 Å². The molecule has 0 aliphatic carbocycles. The second kappa shape index (κ2) is 9.26. The second-order valence-electron chi connectivity index (χ2n) is 8.80. The maximum atomic E-state index is 9.96. The molecule has 0 atom stereocenters. The van der Waals surface area contributed by atoms with Gasteiger partial charge in [0.1, 0.15) is 0 Å². The normalized spacial score (nSPS) is 15.1. The van der Waals surface area contributed by atoms with Gasteiger partial charge in [0.15, 0.2) is 11.5 Å². The molecular formula is C28H23N5O2S. The molecule has 1 aliphatic heterocycles. The number of nitriles is 1. The van der Waals surface area contributed by atoms with Crippen LogP contribution in [0.5, 0.6) is 5.88 Å². The van der Waals surface area contributed by atoms with Crippen molar-refractivity contribution in [2.24, 2.45) is 0 Å². The van der Waals surface area contributed by atoms with Gasteiger partial charge in [-0.2, -0.15) is 5.26 Å². The average Bonchev–Trinajstić information content (AvgIpc) is 3.38. The lowest BCUT2D eigenvalue weighted by atomic mass is 9.75. The van der Waals surface area contributed by atoms with Gasteiger partial charge in [-0.1, -0.05) is 23.9 Å². The number of benzene rings is 2. The maximum Gasteiger partial charge on any atom is 0.212 e. The van der Waals surface area contributed by atoms with E-state index in [1.165, 1.54) is 0 Å². The Kier molecular flexibility index (Phi) is 5.80. The number of nitrogens with zero attached hydrogens (tertiary/aromatic N) is 5. The largest absolute Gasteiger partial charge is 0.481 e. The zero-order valence-corrected chi connectivity index (χ0v) is 20.5. The van der Waals surface area contributed by atoms with Crippen LogP contribution in [0.15, 0.2) is 82.7 Å². The van der Waals surface area contributed by atoms with Gasteiger partial charge in [0, 0.05) is 40.8 Å². The third kappa shape index (κ3) is 3.96. The van der Waals surface area contributed by atoms with E-state index in [0.29, 0.717) is 19.1 Å². The predicted octanol–water partition coefficient (Wildman–Crippen LogP) is 5.68. The van der Waals surface area contributed by atoms with Gasteiger partial charge in [-0.3, -0.25) is 4.40 Å². The lowest BCUT2D eigenvalue weighted by Crippen LogP contribution is -2.32. The molecule has 1 fully saturated rings. The predicted molar refractivity (Wildman–Crippen MR) is 138 cm³/mol. The first-order valence-electron chi connectivity index (χ1n) is 11.7. The number of pyridine rings is 2. The van der Waals surface area contributed by atoms with E-state index in [0.717, 1.165) is 56.1 Å². The molecule has 1 saturated heterocycles. The van der Waals surface area contributed by atoms with Gasteiger partial charge in [-0.25, -0.2) is 4.98 Å². The maximum absolute atomic E-state index is 9.96. The molecule has 1 aliphatic rings. The van der Waals surface area contributed by atoms with Crippen LogP contribution in [-0.4, -0.2) is 39.9 Å². The van der Waals surface area contributed by atoms with Crippen LogP contribution in [0.2, 0.25) is 0 Å². The first kappa shape index (κ1) is 22.5. The van der Waals surface area contributed by atoms with E-state index in [1.54, 1.807) is 25.1 Å². The second-order valence-corrected chi connectivity index (χ2v) is 9.94. The van der Waals surface area contributed by atoms with Crippen LogP contribution in [0.4, 0.5) is 0 Å². The summed E-state index contributed by atoms with van der Waals surface area (Å²) >= 11 is 1.70. The van der Waals surface area contributed by atoms with Gasteiger partial charge < -0.3 is 9.47 Å². The molecule has 0 unspecified atom stereocenters. The fourth-order valence-electron chi connectivity index (χ4n) is 4.74. The molecular weight excluding hydrogens is 470 g/mol. The minimum Gasteiger partial charge on any atom is -0.481 e. The van der Waals surface area contributed by atoms with Crippen molar-refractivity contribution in [1.29, 1.82) is 5.26 Å². The average molecular weight is 494 g/mol. The highest BCUT2D eigenvalue weighted by Gasteiger charge is 2.34. The Morgan fingerprint density at radius 1 is 1.00 bits per heavy atom. The van der Waals surface area contributed by atoms with Crippen molar-refractivity contribution >= 4 is 28.3 Å². The van der Waals surface area contributed by atoms with E-state index in [9.17, 15) is 5.26 Å². The quantitative estimate of drug-likeness (QED) is 0.312. The third-order valence-corrected chi connectivity index (χ3v) is 7.71. The number of hydrogen-bond acceptors (Lipinski definition) is 7. The Labute approximate surface area is 212 Å². The van der Waals surface area contributed by atoms with Crippen LogP contribution in [0.1, 0.15) is 18.4 Å². The lowest BCUT2D eigenvalue weighted by Gasteiger charge is -2.31. The van der Waals surface area contributed by atoms with Crippen LogP contribution in [-0.2, 0) is 10.2 Å². The summed E-state index contributed by atoms with van der Waals surface area (Å²) in [5.41, 5.74) is 3.27. The summed E-state index contributed by atoms with van der Waals surface area (Å²) < 4.78 is 12.7. The highest BCUT2D eigenvalue weighted by molar-refractivity contribution is 7.99. The van der Waals surface area contributed by atoms with Crippen molar-refractivity contribution in [3.8, 4) is 23.3 Å². The Balaban J connectivity index is 1.34. The van der Waals surface area contributed by atoms with E-state index in [4.69, 9.17) is 9.47 Å². The summed E-state index contributed by atoms with van der Waals surface area (Å²) in [4.78, 5) is 6.56. The van der Waals surface area contributed by atoms with Crippen LogP contribution in [0.3, 0.4) is 0 Å². The van der Waals surface area contributed by atoms with Crippen LogP contribution in [0, 0.1) is 11.3 Å². The fraction of sp³-hybridized carbons (Fsp3) is 0.214. The first-order valence-corrected chi connectivity index (χ1v) is 12.6. The van der Waals surface area contributed by atoms with Gasteiger partial charge in [-0.15, -0.1) is 10.2 Å². The molecule has 0 spiro atoms. The minimum atomic E-state index is -0.467. The Morgan fingerprint density at radius 2 is 1.86 bits per heavy atom. The number of fused-ring (bicyclic) bond motifs is 3. The molecule has 6 rings (SSSR count). The summed E-state index contributed by atoms with van der Waals surface area (Å²) in [6.07, 6.45) is 3.21. The highest BCUT2D eigenvalue weighted by Crippen LogP contribution is 2.38. The van der Waals surface area contributed by atoms with E-state index in [-0.39, 0.29) is 0 Å². The van der Waals surface area contributed by atoms with E-state index in [1.807, 2.05) is 24.3 Å². The molecule has 2 aromatic carbocycles. The minimum absolute atomic E-state index is 0.467. The Morgan fingerprint density at radius 3 is 2.64 bits per heavy atom. The summed E-state index contributed by atoms with van der Waals surface area (Å²) in [5, 5.41) is 19.8. The molecule has 178 valence electrons. The molecule has 7 nitrogen and oxygen atoms in total. The Bertz CT molecular complexity index is 1600. The van der Waals surface area contributed by atoms with Gasteiger partial charge >= 0.3 is 0 Å². The van der Waals surface area contributed by atoms with Crippen LogP contribution < -0.4 is 4.74 Å². The van der Waals surface area contributed by atoms with Gasteiger partial charge in [-0.05, 0) is 72.3 Å². The third-order valence-electron chi connectivity index (χ3n) is 6.73. The van der Waals surface area contributed by atoms with Gasteiger partial charge in [0.2, 0.25) is 5.88 Å². The molecule has 36 heavy (non-hydrogen) atoms. The zero-order valence-electron chi connectivity index (χ0n) is 19.7. The first-order chi connectivity index (χ1) is 17.7. The van der Waals surface area contributed by atoms with Crippen molar-refractivity contribution in [1.82, 2.24) is 19.6 Å². The summed E-state index contributed by atoms with van der Waals surface area (Å²) in [5.74, 6) is 1.29. The number of methoxy groups -OCH3 is 1. The van der Waals surface area contributed by atoms with Gasteiger partial charge in [0.25, 0.3) is 0 Å². The van der Waals surface area contributed by atoms with E-state index < -0.39 is 5.41 Å². The molecule has 3 aromatic heterocycles.